The second-order valence-corrected chi connectivity index (χ2v) is 13.7. The van der Waals surface area contributed by atoms with E-state index in [9.17, 15) is 0 Å². The molecule has 0 aliphatic rings. The van der Waals surface area contributed by atoms with E-state index in [2.05, 4.69) is 187 Å². The van der Waals surface area contributed by atoms with Gasteiger partial charge in [-0.3, -0.25) is 0 Å². The van der Waals surface area contributed by atoms with E-state index in [1.807, 2.05) is 0 Å². The van der Waals surface area contributed by atoms with Gasteiger partial charge in [-0.05, 0) is 79.5 Å². The van der Waals surface area contributed by atoms with Crippen molar-refractivity contribution in [3.05, 3.63) is 182 Å². The molecule has 4 nitrogen and oxygen atoms in total. The predicted octanol–water partition coefficient (Wildman–Crippen LogP) is 12.6. The fourth-order valence-electron chi connectivity index (χ4n) is 8.03. The van der Waals surface area contributed by atoms with Crippen LogP contribution in [0.1, 0.15) is 0 Å². The predicted molar refractivity (Wildman–Crippen MR) is 220 cm³/mol. The van der Waals surface area contributed by atoms with Crippen molar-refractivity contribution in [1.29, 1.82) is 0 Å². The van der Waals surface area contributed by atoms with Gasteiger partial charge in [0.15, 0.2) is 17.5 Å². The highest BCUT2D eigenvalue weighted by molar-refractivity contribution is 6.28. The number of aromatic nitrogens is 4. The molecule has 11 aromatic rings. The Labute approximate surface area is 305 Å². The van der Waals surface area contributed by atoms with Crippen LogP contribution in [0.3, 0.4) is 0 Å². The minimum atomic E-state index is 0.629. The summed E-state index contributed by atoms with van der Waals surface area (Å²) >= 11 is 0. The van der Waals surface area contributed by atoms with Crippen LogP contribution in [0, 0.1) is 0 Å². The van der Waals surface area contributed by atoms with Crippen molar-refractivity contribution in [2.24, 2.45) is 0 Å². The molecule has 2 heterocycles. The maximum atomic E-state index is 5.17. The Hall–Kier alpha value is -7.17. The number of hydrogen-bond acceptors (Lipinski definition) is 3. The Balaban J connectivity index is 1.15. The third-order valence-corrected chi connectivity index (χ3v) is 10.6. The van der Waals surface area contributed by atoms with E-state index in [0.717, 1.165) is 44.2 Å². The average molecular weight is 675 g/mol. The molecule has 0 aliphatic carbocycles. The van der Waals surface area contributed by atoms with E-state index in [0.29, 0.717) is 17.5 Å². The Morgan fingerprint density at radius 3 is 1.23 bits per heavy atom. The van der Waals surface area contributed by atoms with Crippen molar-refractivity contribution in [3.8, 4) is 39.9 Å². The van der Waals surface area contributed by atoms with Crippen LogP contribution < -0.4 is 0 Å². The molecule has 0 amide bonds. The third-order valence-electron chi connectivity index (χ3n) is 10.6. The number of fused-ring (bicyclic) bond motifs is 9. The first-order chi connectivity index (χ1) is 26.2. The van der Waals surface area contributed by atoms with E-state index in [1.54, 1.807) is 0 Å². The molecule has 0 aliphatic heterocycles. The lowest BCUT2D eigenvalue weighted by atomic mass is 10.00. The number of rotatable bonds is 4. The van der Waals surface area contributed by atoms with Gasteiger partial charge >= 0.3 is 0 Å². The van der Waals surface area contributed by atoms with Crippen molar-refractivity contribution in [1.82, 2.24) is 19.5 Å². The van der Waals surface area contributed by atoms with Gasteiger partial charge < -0.3 is 4.57 Å². The second kappa shape index (κ2) is 11.7. The molecule has 0 N–H and O–H groups in total. The van der Waals surface area contributed by atoms with Crippen LogP contribution >= 0.6 is 0 Å². The van der Waals surface area contributed by atoms with E-state index in [-0.39, 0.29) is 0 Å². The molecule has 0 bridgehead atoms. The zero-order chi connectivity index (χ0) is 34.9. The molecule has 0 spiro atoms. The van der Waals surface area contributed by atoms with Gasteiger partial charge in [0.2, 0.25) is 0 Å². The van der Waals surface area contributed by atoms with Crippen LogP contribution in [0.5, 0.6) is 0 Å². The standard InChI is InChI=1S/C49H30N4/c1-3-14-35-28-38(22-20-31(35)10-1)48-50-47(51-49(52-48)39-23-21-32-11-2-4-15-36(32)29-39)37-16-9-17-40(30-37)53-43-26-24-33-12-5-7-18-41(33)45(43)46-42-19-8-6-13-34(42)25-27-44(46)53/h1-30H. The summed E-state index contributed by atoms with van der Waals surface area (Å²) in [6, 6.07) is 64.6. The normalized spacial score (nSPS) is 11.8. The highest BCUT2D eigenvalue weighted by atomic mass is 15.0. The Morgan fingerprint density at radius 1 is 0.302 bits per heavy atom. The van der Waals surface area contributed by atoms with Gasteiger partial charge in [-0.15, -0.1) is 0 Å². The molecule has 0 fully saturated rings. The smallest absolute Gasteiger partial charge is 0.164 e. The molecule has 0 unspecified atom stereocenters. The van der Waals surface area contributed by atoms with Gasteiger partial charge in [-0.2, -0.15) is 0 Å². The Morgan fingerprint density at radius 2 is 0.717 bits per heavy atom. The fourth-order valence-corrected chi connectivity index (χ4v) is 8.03. The summed E-state index contributed by atoms with van der Waals surface area (Å²) in [5.41, 5.74) is 6.20. The molecule has 0 saturated carbocycles. The van der Waals surface area contributed by atoms with E-state index in [1.165, 1.54) is 43.1 Å². The molecule has 4 heteroatoms. The molecule has 0 saturated heterocycles. The number of benzene rings is 9. The van der Waals surface area contributed by atoms with Crippen LogP contribution in [0.2, 0.25) is 0 Å². The quantitative estimate of drug-likeness (QED) is 0.187. The molecule has 53 heavy (non-hydrogen) atoms. The second-order valence-electron chi connectivity index (χ2n) is 13.7. The molecule has 2 aromatic heterocycles. The summed E-state index contributed by atoms with van der Waals surface area (Å²) in [5.74, 6) is 1.91. The van der Waals surface area contributed by atoms with Gasteiger partial charge in [0, 0.05) is 33.2 Å². The maximum Gasteiger partial charge on any atom is 0.164 e. The van der Waals surface area contributed by atoms with Crippen molar-refractivity contribution in [2.45, 2.75) is 0 Å². The largest absolute Gasteiger partial charge is 0.309 e. The summed E-state index contributed by atoms with van der Waals surface area (Å²) in [4.78, 5) is 15.4. The van der Waals surface area contributed by atoms with Crippen molar-refractivity contribution in [3.63, 3.8) is 0 Å². The Kier molecular flexibility index (Phi) is 6.52. The van der Waals surface area contributed by atoms with Crippen molar-refractivity contribution in [2.75, 3.05) is 0 Å². The average Bonchev–Trinajstić information content (AvgIpc) is 3.59. The van der Waals surface area contributed by atoms with Crippen LogP contribution in [-0.4, -0.2) is 19.5 Å². The highest BCUT2D eigenvalue weighted by Gasteiger charge is 2.19. The molecule has 246 valence electrons. The topological polar surface area (TPSA) is 43.6 Å². The lowest BCUT2D eigenvalue weighted by Crippen LogP contribution is -2.01. The van der Waals surface area contributed by atoms with Crippen LogP contribution in [0.15, 0.2) is 182 Å². The van der Waals surface area contributed by atoms with Gasteiger partial charge in [0.05, 0.1) is 11.0 Å². The molecular weight excluding hydrogens is 645 g/mol. The van der Waals surface area contributed by atoms with E-state index >= 15 is 0 Å². The van der Waals surface area contributed by atoms with E-state index < -0.39 is 0 Å². The van der Waals surface area contributed by atoms with Crippen molar-refractivity contribution < 1.29 is 0 Å². The first kappa shape index (κ1) is 29.5. The summed E-state index contributed by atoms with van der Waals surface area (Å²) in [7, 11) is 0. The third kappa shape index (κ3) is 4.80. The summed E-state index contributed by atoms with van der Waals surface area (Å²) in [5, 5.41) is 12.1. The monoisotopic (exact) mass is 674 g/mol. The zero-order valence-electron chi connectivity index (χ0n) is 28.6. The molecule has 11 rings (SSSR count). The molecule has 9 aromatic carbocycles. The summed E-state index contributed by atoms with van der Waals surface area (Å²) in [6.07, 6.45) is 0. The molecule has 0 radical (unpaired) electrons. The zero-order valence-corrected chi connectivity index (χ0v) is 28.6. The molecular formula is C49H30N4. The maximum absolute atomic E-state index is 5.17. The first-order valence-electron chi connectivity index (χ1n) is 17.9. The van der Waals surface area contributed by atoms with Gasteiger partial charge in [0.1, 0.15) is 0 Å². The van der Waals surface area contributed by atoms with Crippen LogP contribution in [-0.2, 0) is 0 Å². The van der Waals surface area contributed by atoms with E-state index in [4.69, 9.17) is 15.0 Å². The van der Waals surface area contributed by atoms with Gasteiger partial charge in [-0.25, -0.2) is 15.0 Å². The van der Waals surface area contributed by atoms with Crippen LogP contribution in [0.4, 0.5) is 0 Å². The van der Waals surface area contributed by atoms with Crippen molar-refractivity contribution >= 4 is 64.9 Å². The minimum absolute atomic E-state index is 0.629. The number of nitrogens with zero attached hydrogens (tertiary/aromatic N) is 4. The van der Waals surface area contributed by atoms with Gasteiger partial charge in [-0.1, -0.05) is 146 Å². The number of hydrogen-bond donors (Lipinski definition) is 0. The highest BCUT2D eigenvalue weighted by Crippen LogP contribution is 2.41. The summed E-state index contributed by atoms with van der Waals surface area (Å²) in [6.45, 7) is 0. The lowest BCUT2D eigenvalue weighted by Gasteiger charge is -2.12. The minimum Gasteiger partial charge on any atom is -0.309 e. The lowest BCUT2D eigenvalue weighted by molar-refractivity contribution is 1.07. The summed E-state index contributed by atoms with van der Waals surface area (Å²) < 4.78 is 2.39. The fraction of sp³-hybridized carbons (Fsp3) is 0. The first-order valence-corrected chi connectivity index (χ1v) is 17.9. The molecule has 0 atom stereocenters. The van der Waals surface area contributed by atoms with Crippen LogP contribution in [0.25, 0.3) is 105 Å². The van der Waals surface area contributed by atoms with Gasteiger partial charge in [0.25, 0.3) is 0 Å². The Bertz CT molecular complexity index is 3060. The SMILES string of the molecule is c1cc(-c2nc(-c3ccc4ccccc4c3)nc(-c3ccc4ccccc4c3)n2)cc(-n2c3ccc4ccccc4c3c3c4ccccc4ccc32)c1.